The molecule has 0 N–H and O–H groups in total. The number of hydrogen-bond donors (Lipinski definition) is 0. The highest BCUT2D eigenvalue weighted by atomic mass is 16.5. The minimum absolute atomic E-state index is 0.146. The van der Waals surface area contributed by atoms with Crippen LogP contribution in [0.1, 0.15) is 6.92 Å². The Bertz CT molecular complexity index is 863. The molecule has 2 aromatic rings. The Labute approximate surface area is 151 Å². The number of rotatable bonds is 9. The molecule has 1 aromatic heterocycles. The predicted molar refractivity (Wildman–Crippen MR) is 98.5 cm³/mol. The Balaban J connectivity index is 2.44. The monoisotopic (exact) mass is 363 g/mol. The van der Waals surface area contributed by atoms with Crippen molar-refractivity contribution in [1.29, 1.82) is 0 Å². The van der Waals surface area contributed by atoms with E-state index in [9.17, 15) is 14.4 Å². The lowest BCUT2D eigenvalue weighted by Gasteiger charge is -2.23. The van der Waals surface area contributed by atoms with Crippen molar-refractivity contribution in [3.8, 4) is 0 Å². The fourth-order valence-corrected chi connectivity index (χ4v) is 2.80. The first-order valence-electron chi connectivity index (χ1n) is 8.53. The highest BCUT2D eigenvalue weighted by Crippen LogP contribution is 2.08. The van der Waals surface area contributed by atoms with Crippen molar-refractivity contribution in [3.63, 3.8) is 0 Å². The van der Waals surface area contributed by atoms with Gasteiger partial charge in [0.2, 0.25) is 5.91 Å². The van der Waals surface area contributed by atoms with Crippen molar-refractivity contribution < 1.29 is 14.3 Å². The van der Waals surface area contributed by atoms with Gasteiger partial charge in [-0.25, -0.2) is 4.79 Å². The lowest BCUT2D eigenvalue weighted by molar-refractivity contribution is -0.133. The third-order valence-electron chi connectivity index (χ3n) is 4.23. The smallest absolute Gasteiger partial charge is 0.331 e. The zero-order valence-corrected chi connectivity index (χ0v) is 15.4. The van der Waals surface area contributed by atoms with Crippen LogP contribution in [0.2, 0.25) is 0 Å². The van der Waals surface area contributed by atoms with Crippen LogP contribution in [0.4, 0.5) is 0 Å². The van der Waals surface area contributed by atoms with Crippen molar-refractivity contribution >= 4 is 16.8 Å². The second kappa shape index (κ2) is 9.30. The number of ether oxygens (including phenoxy) is 2. The average molecular weight is 363 g/mol. The molecular weight excluding hydrogens is 338 g/mol. The molecule has 1 aromatic carbocycles. The second-order valence-electron chi connectivity index (χ2n) is 5.80. The molecule has 1 heterocycles. The van der Waals surface area contributed by atoms with Crippen LogP contribution in [-0.2, 0) is 27.4 Å². The van der Waals surface area contributed by atoms with E-state index in [1.54, 1.807) is 50.3 Å². The van der Waals surface area contributed by atoms with E-state index in [1.807, 2.05) is 0 Å². The number of amides is 1. The zero-order chi connectivity index (χ0) is 19.1. The molecule has 8 heteroatoms. The van der Waals surface area contributed by atoms with Crippen molar-refractivity contribution in [2.24, 2.45) is 0 Å². The van der Waals surface area contributed by atoms with Crippen molar-refractivity contribution in [3.05, 3.63) is 45.1 Å². The maximum Gasteiger partial charge on any atom is 0.331 e. The third-order valence-corrected chi connectivity index (χ3v) is 4.23. The van der Waals surface area contributed by atoms with Gasteiger partial charge in [-0.05, 0) is 19.1 Å². The van der Waals surface area contributed by atoms with E-state index in [0.717, 1.165) is 4.57 Å². The first kappa shape index (κ1) is 19.9. The first-order chi connectivity index (χ1) is 12.5. The molecule has 0 unspecified atom stereocenters. The van der Waals surface area contributed by atoms with Crippen molar-refractivity contribution in [2.75, 3.05) is 40.5 Å². The summed E-state index contributed by atoms with van der Waals surface area (Å²) in [6.07, 6.45) is 0. The lowest BCUT2D eigenvalue weighted by atomic mass is 10.2. The molecule has 8 nitrogen and oxygen atoms in total. The molecule has 0 aliphatic carbocycles. The number of benzene rings is 1. The zero-order valence-electron chi connectivity index (χ0n) is 15.4. The van der Waals surface area contributed by atoms with Gasteiger partial charge in [0.15, 0.2) is 0 Å². The number of carbonyl (C=O) groups excluding carboxylic acids is 1. The number of methoxy groups -OCH3 is 2. The molecule has 2 rings (SSSR count). The van der Waals surface area contributed by atoms with Gasteiger partial charge in [-0.3, -0.25) is 18.7 Å². The molecule has 1 amide bonds. The summed E-state index contributed by atoms with van der Waals surface area (Å²) < 4.78 is 12.6. The van der Waals surface area contributed by atoms with Crippen LogP contribution >= 0.6 is 0 Å². The molecule has 26 heavy (non-hydrogen) atoms. The van der Waals surface area contributed by atoms with Gasteiger partial charge in [-0.1, -0.05) is 12.1 Å². The number of nitrogens with zero attached hydrogens (tertiary/aromatic N) is 3. The molecule has 0 bridgehead atoms. The van der Waals surface area contributed by atoms with Crippen LogP contribution in [0.5, 0.6) is 0 Å². The Kier molecular flexibility index (Phi) is 7.11. The van der Waals surface area contributed by atoms with E-state index in [2.05, 4.69) is 0 Å². The van der Waals surface area contributed by atoms with E-state index in [-0.39, 0.29) is 24.6 Å². The fourth-order valence-electron chi connectivity index (χ4n) is 2.80. The molecule has 0 atom stereocenters. The fraction of sp³-hybridized carbons (Fsp3) is 0.500. The molecule has 0 aliphatic rings. The van der Waals surface area contributed by atoms with Gasteiger partial charge in [0.05, 0.1) is 24.1 Å². The van der Waals surface area contributed by atoms with Gasteiger partial charge < -0.3 is 14.4 Å². The second-order valence-corrected chi connectivity index (χ2v) is 5.80. The van der Waals surface area contributed by atoms with Gasteiger partial charge in [0.1, 0.15) is 6.54 Å². The van der Waals surface area contributed by atoms with Crippen LogP contribution < -0.4 is 11.2 Å². The summed E-state index contributed by atoms with van der Waals surface area (Å²) in [4.78, 5) is 39.5. The molecule has 0 aliphatic heterocycles. The van der Waals surface area contributed by atoms with Gasteiger partial charge in [0, 0.05) is 33.9 Å². The summed E-state index contributed by atoms with van der Waals surface area (Å²) in [5, 5.41) is 0.419. The topological polar surface area (TPSA) is 82.8 Å². The molecule has 0 saturated carbocycles. The molecule has 142 valence electrons. The van der Waals surface area contributed by atoms with E-state index in [0.29, 0.717) is 37.2 Å². The largest absolute Gasteiger partial charge is 0.383 e. The third kappa shape index (κ3) is 4.20. The number of carbonyl (C=O) groups is 1. The Morgan fingerprint density at radius 1 is 1.04 bits per heavy atom. The normalized spacial score (nSPS) is 11.0. The maximum absolute atomic E-state index is 12.8. The molecular formula is C18H25N3O5. The SMILES string of the molecule is CCn1c(=O)c2ccccc2n(CC(=O)N(CCOC)CCOC)c1=O. The minimum atomic E-state index is -0.483. The van der Waals surface area contributed by atoms with Gasteiger partial charge in [-0.15, -0.1) is 0 Å². The van der Waals surface area contributed by atoms with E-state index >= 15 is 0 Å². The van der Waals surface area contributed by atoms with Gasteiger partial charge in [0.25, 0.3) is 5.56 Å². The molecule has 0 fully saturated rings. The Morgan fingerprint density at radius 3 is 2.23 bits per heavy atom. The quantitative estimate of drug-likeness (QED) is 0.640. The van der Waals surface area contributed by atoms with Crippen LogP contribution in [0, 0.1) is 0 Å². The first-order valence-corrected chi connectivity index (χ1v) is 8.53. The Hall–Kier alpha value is -2.45. The minimum Gasteiger partial charge on any atom is -0.383 e. The molecule has 0 saturated heterocycles. The Morgan fingerprint density at radius 2 is 1.65 bits per heavy atom. The van der Waals surface area contributed by atoms with E-state index in [1.165, 1.54) is 4.57 Å². The standard InChI is InChI=1S/C18H25N3O5/c1-4-20-17(23)14-7-5-6-8-15(14)21(18(20)24)13-16(22)19(9-11-25-2)10-12-26-3/h5-8H,4,9-13H2,1-3H3. The number of fused-ring (bicyclic) bond motifs is 1. The maximum atomic E-state index is 12.8. The highest BCUT2D eigenvalue weighted by Gasteiger charge is 2.18. The summed E-state index contributed by atoms with van der Waals surface area (Å²) in [5.41, 5.74) is -0.366. The number of aromatic nitrogens is 2. The molecule has 0 spiro atoms. The van der Waals surface area contributed by atoms with Crippen LogP contribution in [-0.4, -0.2) is 60.5 Å². The van der Waals surface area contributed by atoms with Crippen LogP contribution in [0.15, 0.2) is 33.9 Å². The summed E-state index contributed by atoms with van der Waals surface area (Å²) >= 11 is 0. The number of hydrogen-bond acceptors (Lipinski definition) is 5. The van der Waals surface area contributed by atoms with Gasteiger partial charge in [-0.2, -0.15) is 0 Å². The van der Waals surface area contributed by atoms with E-state index < -0.39 is 5.69 Å². The van der Waals surface area contributed by atoms with E-state index in [4.69, 9.17) is 9.47 Å². The number of para-hydroxylation sites is 1. The predicted octanol–water partition coefficient (Wildman–Crippen LogP) is 0.305. The highest BCUT2D eigenvalue weighted by molar-refractivity contribution is 5.81. The lowest BCUT2D eigenvalue weighted by Crippen LogP contribution is -2.44. The molecule has 0 radical (unpaired) electrons. The van der Waals surface area contributed by atoms with Crippen molar-refractivity contribution in [1.82, 2.24) is 14.0 Å². The van der Waals surface area contributed by atoms with Crippen molar-refractivity contribution in [2.45, 2.75) is 20.0 Å². The average Bonchev–Trinajstić information content (AvgIpc) is 2.65. The summed E-state index contributed by atoms with van der Waals surface area (Å²) in [6.45, 7) is 3.41. The van der Waals surface area contributed by atoms with Crippen LogP contribution in [0.25, 0.3) is 10.9 Å². The summed E-state index contributed by atoms with van der Waals surface area (Å²) in [5.74, 6) is -0.229. The van der Waals surface area contributed by atoms with Crippen LogP contribution in [0.3, 0.4) is 0 Å². The summed E-state index contributed by atoms with van der Waals surface area (Å²) in [6, 6.07) is 6.83. The summed E-state index contributed by atoms with van der Waals surface area (Å²) in [7, 11) is 3.13. The van der Waals surface area contributed by atoms with Gasteiger partial charge >= 0.3 is 5.69 Å².